The molecule has 1 amide bonds. The van der Waals surface area contributed by atoms with Gasteiger partial charge in [0.1, 0.15) is 6.33 Å². The highest BCUT2D eigenvalue weighted by atomic mass is 19.4. The molecule has 4 rings (SSSR count). The molecule has 0 radical (unpaired) electrons. The topological polar surface area (TPSA) is 88.3 Å². The lowest BCUT2D eigenvalue weighted by Gasteiger charge is -2.35. The molecule has 0 saturated carbocycles. The first-order chi connectivity index (χ1) is 13.9. The summed E-state index contributed by atoms with van der Waals surface area (Å²) in [6, 6.07) is 6.16. The summed E-state index contributed by atoms with van der Waals surface area (Å²) in [5.41, 5.74) is 1.51. The molecule has 2 aromatic heterocycles. The van der Waals surface area contributed by atoms with E-state index in [-0.39, 0.29) is 17.3 Å². The lowest BCUT2D eigenvalue weighted by atomic mass is 10.1. The van der Waals surface area contributed by atoms with Crippen LogP contribution in [0.15, 0.2) is 47.5 Å². The third-order valence-electron chi connectivity index (χ3n) is 4.52. The van der Waals surface area contributed by atoms with Crippen LogP contribution in [0.2, 0.25) is 0 Å². The average molecular weight is 404 g/mol. The summed E-state index contributed by atoms with van der Waals surface area (Å²) in [6.07, 6.45) is 0.169. The minimum atomic E-state index is -4.72. The smallest absolute Gasteiger partial charge is 0.365 e. The first-order valence-electron chi connectivity index (χ1n) is 8.72. The number of hydrogen-bond acceptors (Lipinski definition) is 7. The van der Waals surface area contributed by atoms with Gasteiger partial charge in [-0.25, -0.2) is 9.97 Å². The molecule has 0 bridgehead atoms. The Kier molecular flexibility index (Phi) is 4.87. The number of piperazine rings is 1. The van der Waals surface area contributed by atoms with Crippen molar-refractivity contribution in [2.75, 3.05) is 31.1 Å². The second kappa shape index (κ2) is 7.49. The van der Waals surface area contributed by atoms with E-state index in [4.69, 9.17) is 0 Å². The Balaban J connectivity index is 1.46. The third kappa shape index (κ3) is 4.03. The van der Waals surface area contributed by atoms with Crippen LogP contribution in [-0.4, -0.2) is 57.1 Å². The Labute approximate surface area is 163 Å². The number of benzene rings is 1. The predicted octanol–water partition coefficient (Wildman–Crippen LogP) is 2.51. The van der Waals surface area contributed by atoms with E-state index >= 15 is 0 Å². The van der Waals surface area contributed by atoms with Gasteiger partial charge in [-0.2, -0.15) is 18.2 Å². The zero-order chi connectivity index (χ0) is 20.4. The van der Waals surface area contributed by atoms with Crippen molar-refractivity contribution in [1.29, 1.82) is 0 Å². The molecule has 0 N–H and O–H groups in total. The normalized spacial score (nSPS) is 14.9. The zero-order valence-corrected chi connectivity index (χ0v) is 15.0. The summed E-state index contributed by atoms with van der Waals surface area (Å²) in [5.74, 6) is -1.86. The van der Waals surface area contributed by atoms with E-state index < -0.39 is 12.1 Å². The largest absolute Gasteiger partial charge is 0.471 e. The monoisotopic (exact) mass is 404 g/mol. The molecule has 3 aromatic rings. The molecule has 1 aromatic carbocycles. The second-order valence-electron chi connectivity index (χ2n) is 6.38. The summed E-state index contributed by atoms with van der Waals surface area (Å²) in [5, 5.41) is 3.36. The van der Waals surface area contributed by atoms with Crippen LogP contribution < -0.4 is 4.90 Å². The van der Waals surface area contributed by atoms with E-state index in [0.29, 0.717) is 31.7 Å². The number of carbonyl (C=O) groups excluding carboxylic acids is 1. The van der Waals surface area contributed by atoms with Gasteiger partial charge in [-0.3, -0.25) is 4.79 Å². The molecule has 0 unspecified atom stereocenters. The fraction of sp³-hybridized carbons (Fsp3) is 0.278. The molecule has 1 aliphatic rings. The van der Waals surface area contributed by atoms with Gasteiger partial charge in [-0.05, 0) is 12.1 Å². The lowest BCUT2D eigenvalue weighted by molar-refractivity contribution is -0.159. The quantitative estimate of drug-likeness (QED) is 0.663. The summed E-state index contributed by atoms with van der Waals surface area (Å²) < 4.78 is 42.2. The van der Waals surface area contributed by atoms with Gasteiger partial charge < -0.3 is 14.3 Å². The molecule has 1 saturated heterocycles. The number of hydrogen-bond donors (Lipinski definition) is 0. The summed E-state index contributed by atoms with van der Waals surface area (Å²) in [6.45, 7) is 2.24. The fourth-order valence-electron chi connectivity index (χ4n) is 3.05. The Hall–Kier alpha value is -3.50. The van der Waals surface area contributed by atoms with Gasteiger partial charge in [0.2, 0.25) is 5.82 Å². The number of alkyl halides is 3. The average Bonchev–Trinajstić information content (AvgIpc) is 3.25. The molecule has 0 atom stereocenters. The molecule has 0 spiro atoms. The molecule has 1 aliphatic heterocycles. The van der Waals surface area contributed by atoms with Crippen LogP contribution in [0.3, 0.4) is 0 Å². The van der Waals surface area contributed by atoms with Crippen LogP contribution in [0.4, 0.5) is 18.9 Å². The maximum absolute atomic E-state index is 12.8. The van der Waals surface area contributed by atoms with Crippen LogP contribution in [0.5, 0.6) is 0 Å². The third-order valence-corrected chi connectivity index (χ3v) is 4.52. The molecule has 150 valence electrons. The maximum Gasteiger partial charge on any atom is 0.471 e. The minimum Gasteiger partial charge on any atom is -0.365 e. The number of carbonyl (C=O) groups is 1. The molecule has 1 fully saturated rings. The zero-order valence-electron chi connectivity index (χ0n) is 15.0. The summed E-state index contributed by atoms with van der Waals surface area (Å²) >= 11 is 0. The van der Waals surface area contributed by atoms with E-state index in [0.717, 1.165) is 5.69 Å². The lowest BCUT2D eigenvalue weighted by Crippen LogP contribution is -2.48. The van der Waals surface area contributed by atoms with E-state index in [1.54, 1.807) is 29.4 Å². The SMILES string of the molecule is O=C(c1cccc(-c2noc(C(F)(F)F)n2)c1)N1CCN(c2cncnc2)CC1. The van der Waals surface area contributed by atoms with Gasteiger partial charge in [0.05, 0.1) is 18.1 Å². The van der Waals surface area contributed by atoms with E-state index in [2.05, 4.69) is 29.5 Å². The highest BCUT2D eigenvalue weighted by Crippen LogP contribution is 2.29. The van der Waals surface area contributed by atoms with Gasteiger partial charge in [0.15, 0.2) is 0 Å². The van der Waals surface area contributed by atoms with Crippen LogP contribution in [0.1, 0.15) is 16.2 Å². The fourth-order valence-corrected chi connectivity index (χ4v) is 3.05. The molecule has 3 heterocycles. The number of rotatable bonds is 3. The Morgan fingerprint density at radius 1 is 1.07 bits per heavy atom. The Morgan fingerprint density at radius 2 is 1.79 bits per heavy atom. The van der Waals surface area contributed by atoms with E-state index in [1.807, 2.05) is 0 Å². The Morgan fingerprint density at radius 3 is 2.45 bits per heavy atom. The summed E-state index contributed by atoms with van der Waals surface area (Å²) in [4.78, 5) is 28.0. The number of aromatic nitrogens is 4. The standard InChI is InChI=1S/C18H15F3N6O2/c19-18(20,21)17-24-15(25-29-17)12-2-1-3-13(8-12)16(28)27-6-4-26(5-7-27)14-9-22-11-23-10-14/h1-3,8-11H,4-7H2. The van der Waals surface area contributed by atoms with Crippen molar-refractivity contribution < 1.29 is 22.5 Å². The molecular formula is C18H15F3N6O2. The van der Waals surface area contributed by atoms with Crippen molar-refractivity contribution >= 4 is 11.6 Å². The molecule has 0 aliphatic carbocycles. The van der Waals surface area contributed by atoms with Crippen molar-refractivity contribution in [1.82, 2.24) is 25.0 Å². The number of anilines is 1. The van der Waals surface area contributed by atoms with Gasteiger partial charge in [-0.1, -0.05) is 17.3 Å². The first-order valence-corrected chi connectivity index (χ1v) is 8.72. The molecule has 8 nitrogen and oxygen atoms in total. The van der Waals surface area contributed by atoms with Gasteiger partial charge in [-0.15, -0.1) is 0 Å². The number of halogens is 3. The van der Waals surface area contributed by atoms with E-state index in [9.17, 15) is 18.0 Å². The second-order valence-corrected chi connectivity index (χ2v) is 6.38. The van der Waals surface area contributed by atoms with Gasteiger partial charge in [0.25, 0.3) is 5.91 Å². The maximum atomic E-state index is 12.8. The molecule has 11 heteroatoms. The van der Waals surface area contributed by atoms with Crippen LogP contribution >= 0.6 is 0 Å². The van der Waals surface area contributed by atoms with Gasteiger partial charge in [0, 0.05) is 37.3 Å². The number of nitrogens with zero attached hydrogens (tertiary/aromatic N) is 6. The van der Waals surface area contributed by atoms with Crippen LogP contribution in [0, 0.1) is 0 Å². The number of amides is 1. The van der Waals surface area contributed by atoms with Crippen molar-refractivity contribution in [3.8, 4) is 11.4 Å². The summed E-state index contributed by atoms with van der Waals surface area (Å²) in [7, 11) is 0. The minimum absolute atomic E-state index is 0.213. The first kappa shape index (κ1) is 18.8. The van der Waals surface area contributed by atoms with Crippen molar-refractivity contribution in [3.63, 3.8) is 0 Å². The van der Waals surface area contributed by atoms with Crippen LogP contribution in [0.25, 0.3) is 11.4 Å². The highest BCUT2D eigenvalue weighted by molar-refractivity contribution is 5.95. The van der Waals surface area contributed by atoms with Crippen molar-refractivity contribution in [2.24, 2.45) is 0 Å². The van der Waals surface area contributed by atoms with Gasteiger partial charge >= 0.3 is 12.1 Å². The predicted molar refractivity (Wildman–Crippen MR) is 94.9 cm³/mol. The van der Waals surface area contributed by atoms with E-state index in [1.165, 1.54) is 18.5 Å². The van der Waals surface area contributed by atoms with Crippen molar-refractivity contribution in [3.05, 3.63) is 54.4 Å². The van der Waals surface area contributed by atoms with Crippen molar-refractivity contribution in [2.45, 2.75) is 6.18 Å². The van der Waals surface area contributed by atoms with Crippen LogP contribution in [-0.2, 0) is 6.18 Å². The Bertz CT molecular complexity index is 1000. The highest BCUT2D eigenvalue weighted by Gasteiger charge is 2.38. The molecule has 29 heavy (non-hydrogen) atoms. The molecular weight excluding hydrogens is 389 g/mol.